The molecule has 0 aromatic heterocycles. The SMILES string of the molecule is C=C(CC(CC[Si](C)(C)C)c1ccccc1)c1ccccc1. The summed E-state index contributed by atoms with van der Waals surface area (Å²) in [5.74, 6) is 0.584. The highest BCUT2D eigenvalue weighted by molar-refractivity contribution is 6.76. The van der Waals surface area contributed by atoms with Gasteiger partial charge in [0.25, 0.3) is 0 Å². The quantitative estimate of drug-likeness (QED) is 0.505. The van der Waals surface area contributed by atoms with Gasteiger partial charge >= 0.3 is 0 Å². The fraction of sp³-hybridized carbons (Fsp3) is 0.333. The van der Waals surface area contributed by atoms with Crippen molar-refractivity contribution in [3.05, 3.63) is 78.4 Å². The van der Waals surface area contributed by atoms with Gasteiger partial charge in [0.05, 0.1) is 0 Å². The van der Waals surface area contributed by atoms with Gasteiger partial charge in [-0.2, -0.15) is 0 Å². The minimum absolute atomic E-state index is 0.584. The van der Waals surface area contributed by atoms with Gasteiger partial charge in [-0.15, -0.1) is 0 Å². The Morgan fingerprint density at radius 3 is 2.00 bits per heavy atom. The van der Waals surface area contributed by atoms with Crippen molar-refractivity contribution in [2.75, 3.05) is 0 Å². The lowest BCUT2D eigenvalue weighted by Crippen LogP contribution is -2.20. The summed E-state index contributed by atoms with van der Waals surface area (Å²) in [6, 6.07) is 22.9. The maximum absolute atomic E-state index is 4.35. The molecule has 0 aliphatic carbocycles. The maximum Gasteiger partial charge on any atom is 0.0442 e. The summed E-state index contributed by atoms with van der Waals surface area (Å²) in [6.07, 6.45) is 2.32. The Morgan fingerprint density at radius 2 is 1.45 bits per heavy atom. The molecule has 0 bridgehead atoms. The number of benzene rings is 2. The first kappa shape index (κ1) is 16.8. The molecule has 2 aromatic rings. The number of hydrogen-bond donors (Lipinski definition) is 0. The molecule has 22 heavy (non-hydrogen) atoms. The molecular weight excluding hydrogens is 280 g/mol. The third-order valence-corrected chi connectivity index (χ3v) is 5.98. The summed E-state index contributed by atoms with van der Waals surface area (Å²) in [7, 11) is -1.01. The lowest BCUT2D eigenvalue weighted by molar-refractivity contribution is 0.676. The molecule has 1 atom stereocenters. The molecule has 1 heteroatoms. The zero-order valence-corrected chi connectivity index (χ0v) is 15.2. The van der Waals surface area contributed by atoms with Gasteiger partial charge in [0.15, 0.2) is 0 Å². The van der Waals surface area contributed by atoms with Crippen LogP contribution in [0.4, 0.5) is 0 Å². The number of hydrogen-bond acceptors (Lipinski definition) is 0. The fourth-order valence-corrected chi connectivity index (χ4v) is 4.02. The Hall–Kier alpha value is -1.60. The molecule has 0 fully saturated rings. The van der Waals surface area contributed by atoms with E-state index in [9.17, 15) is 0 Å². The fourth-order valence-electron chi connectivity index (χ4n) is 2.81. The van der Waals surface area contributed by atoms with Crippen molar-refractivity contribution >= 4 is 13.6 Å². The van der Waals surface area contributed by atoms with Crippen LogP contribution in [0.2, 0.25) is 25.7 Å². The standard InChI is InChI=1S/C21H28Si/c1-18(19-11-7-5-8-12-19)17-21(15-16-22(2,3)4)20-13-9-6-10-14-20/h5-14,21H,1,15-17H2,2-4H3. The van der Waals surface area contributed by atoms with Crippen molar-refractivity contribution in [2.24, 2.45) is 0 Å². The smallest absolute Gasteiger partial charge is 0.0442 e. The van der Waals surface area contributed by atoms with Gasteiger partial charge in [0.1, 0.15) is 0 Å². The monoisotopic (exact) mass is 308 g/mol. The van der Waals surface area contributed by atoms with Crippen LogP contribution in [0.1, 0.15) is 29.9 Å². The van der Waals surface area contributed by atoms with E-state index < -0.39 is 8.07 Å². The predicted molar refractivity (Wildman–Crippen MR) is 102 cm³/mol. The van der Waals surface area contributed by atoms with Crippen LogP contribution >= 0.6 is 0 Å². The van der Waals surface area contributed by atoms with Crippen LogP contribution in [-0.2, 0) is 0 Å². The molecule has 2 rings (SSSR count). The molecule has 0 nitrogen and oxygen atoms in total. The van der Waals surface area contributed by atoms with Gasteiger partial charge in [-0.25, -0.2) is 0 Å². The largest absolute Gasteiger partial charge is 0.0952 e. The van der Waals surface area contributed by atoms with E-state index >= 15 is 0 Å². The molecule has 0 amide bonds. The lowest BCUT2D eigenvalue weighted by Gasteiger charge is -2.23. The Morgan fingerprint density at radius 1 is 0.909 bits per heavy atom. The first-order valence-electron chi connectivity index (χ1n) is 8.24. The second-order valence-corrected chi connectivity index (χ2v) is 13.0. The predicted octanol–water partition coefficient (Wildman–Crippen LogP) is 6.60. The minimum Gasteiger partial charge on any atom is -0.0952 e. The molecule has 0 radical (unpaired) electrons. The number of allylic oxidation sites excluding steroid dienone is 1. The zero-order chi connectivity index (χ0) is 16.0. The molecular formula is C21H28Si. The van der Waals surface area contributed by atoms with E-state index in [-0.39, 0.29) is 0 Å². The van der Waals surface area contributed by atoms with Gasteiger partial charge in [-0.05, 0) is 35.5 Å². The van der Waals surface area contributed by atoms with Crippen LogP contribution < -0.4 is 0 Å². The van der Waals surface area contributed by atoms with Crippen LogP contribution in [-0.4, -0.2) is 8.07 Å². The third-order valence-electron chi connectivity index (χ3n) is 4.19. The lowest BCUT2D eigenvalue weighted by atomic mass is 9.88. The van der Waals surface area contributed by atoms with E-state index in [1.165, 1.54) is 29.2 Å². The molecule has 0 heterocycles. The second kappa shape index (κ2) is 7.60. The average Bonchev–Trinajstić information content (AvgIpc) is 2.52. The summed E-state index contributed by atoms with van der Waals surface area (Å²) in [5, 5.41) is 0. The van der Waals surface area contributed by atoms with Crippen molar-refractivity contribution < 1.29 is 0 Å². The van der Waals surface area contributed by atoms with Crippen LogP contribution in [0, 0.1) is 0 Å². The third kappa shape index (κ3) is 5.30. The number of rotatable bonds is 7. The van der Waals surface area contributed by atoms with E-state index in [2.05, 4.69) is 86.9 Å². The van der Waals surface area contributed by atoms with E-state index in [1.54, 1.807) is 0 Å². The summed E-state index contributed by atoms with van der Waals surface area (Å²) in [4.78, 5) is 0. The molecule has 2 aromatic carbocycles. The van der Waals surface area contributed by atoms with Crippen molar-refractivity contribution in [2.45, 2.75) is 44.4 Å². The molecule has 0 aliphatic heterocycles. The highest BCUT2D eigenvalue weighted by Crippen LogP contribution is 2.33. The van der Waals surface area contributed by atoms with Gasteiger partial charge in [-0.1, -0.05) is 92.9 Å². The summed E-state index contributed by atoms with van der Waals surface area (Å²) in [6.45, 7) is 11.7. The molecule has 0 saturated carbocycles. The Labute approximate surface area is 136 Å². The summed E-state index contributed by atoms with van der Waals surface area (Å²) >= 11 is 0. The van der Waals surface area contributed by atoms with Crippen molar-refractivity contribution in [3.63, 3.8) is 0 Å². The summed E-state index contributed by atoms with van der Waals surface area (Å²) < 4.78 is 0. The van der Waals surface area contributed by atoms with Gasteiger partial charge < -0.3 is 0 Å². The normalized spacial score (nSPS) is 12.9. The zero-order valence-electron chi connectivity index (χ0n) is 14.2. The van der Waals surface area contributed by atoms with Crippen LogP contribution in [0.3, 0.4) is 0 Å². The Kier molecular flexibility index (Phi) is 5.79. The molecule has 0 aliphatic rings. The van der Waals surface area contributed by atoms with Gasteiger partial charge in [0, 0.05) is 8.07 Å². The van der Waals surface area contributed by atoms with Crippen LogP contribution in [0.25, 0.3) is 5.57 Å². The first-order chi connectivity index (χ1) is 10.5. The van der Waals surface area contributed by atoms with Crippen LogP contribution in [0.5, 0.6) is 0 Å². The first-order valence-corrected chi connectivity index (χ1v) is 11.9. The van der Waals surface area contributed by atoms with Crippen molar-refractivity contribution in [1.82, 2.24) is 0 Å². The van der Waals surface area contributed by atoms with E-state index in [4.69, 9.17) is 0 Å². The molecule has 0 saturated heterocycles. The van der Waals surface area contributed by atoms with Gasteiger partial charge in [-0.3, -0.25) is 0 Å². The maximum atomic E-state index is 4.35. The highest BCUT2D eigenvalue weighted by atomic mass is 28.3. The molecule has 0 spiro atoms. The second-order valence-electron chi connectivity index (χ2n) is 7.38. The Balaban J connectivity index is 2.12. The van der Waals surface area contributed by atoms with Crippen molar-refractivity contribution in [3.8, 4) is 0 Å². The van der Waals surface area contributed by atoms with Crippen molar-refractivity contribution in [1.29, 1.82) is 0 Å². The van der Waals surface area contributed by atoms with Gasteiger partial charge in [0.2, 0.25) is 0 Å². The summed E-state index contributed by atoms with van der Waals surface area (Å²) in [5.41, 5.74) is 3.99. The minimum atomic E-state index is -1.01. The van der Waals surface area contributed by atoms with E-state index in [0.717, 1.165) is 6.42 Å². The molecule has 0 N–H and O–H groups in total. The highest BCUT2D eigenvalue weighted by Gasteiger charge is 2.19. The molecule has 116 valence electrons. The van der Waals surface area contributed by atoms with Crippen LogP contribution in [0.15, 0.2) is 67.2 Å². The topological polar surface area (TPSA) is 0 Å². The van der Waals surface area contributed by atoms with E-state index in [0.29, 0.717) is 5.92 Å². The Bertz CT molecular complexity index is 578. The average molecular weight is 309 g/mol. The molecule has 1 unspecified atom stereocenters. The van der Waals surface area contributed by atoms with E-state index in [1.807, 2.05) is 0 Å².